The normalized spacial score (nSPS) is 18.1. The minimum absolute atomic E-state index is 0.0245. The molecule has 2 rings (SSSR count). The van der Waals surface area contributed by atoms with E-state index in [1.807, 2.05) is 31.2 Å². The number of amides is 2. The SMILES string of the molecule is CCC(=O)N1CCCC(C(=O)Nc2ccc(CCO)cc2)C1. The molecule has 1 heterocycles. The van der Waals surface area contributed by atoms with Gasteiger partial charge in [-0.3, -0.25) is 9.59 Å². The molecular formula is C17H24N2O3. The molecule has 0 spiro atoms. The van der Waals surface area contributed by atoms with Crippen LogP contribution in [0, 0.1) is 5.92 Å². The lowest BCUT2D eigenvalue weighted by Gasteiger charge is -2.31. The lowest BCUT2D eigenvalue weighted by atomic mass is 9.96. The number of piperidine rings is 1. The van der Waals surface area contributed by atoms with Gasteiger partial charge in [0.2, 0.25) is 11.8 Å². The molecule has 1 aliphatic heterocycles. The van der Waals surface area contributed by atoms with Gasteiger partial charge < -0.3 is 15.3 Å². The highest BCUT2D eigenvalue weighted by molar-refractivity contribution is 5.93. The number of anilines is 1. The molecule has 5 nitrogen and oxygen atoms in total. The summed E-state index contributed by atoms with van der Waals surface area (Å²) < 4.78 is 0. The molecule has 0 saturated carbocycles. The molecule has 1 saturated heterocycles. The third-order valence-corrected chi connectivity index (χ3v) is 4.07. The molecule has 0 bridgehead atoms. The van der Waals surface area contributed by atoms with Crippen LogP contribution in [-0.2, 0) is 16.0 Å². The molecule has 22 heavy (non-hydrogen) atoms. The van der Waals surface area contributed by atoms with Crippen molar-refractivity contribution in [2.45, 2.75) is 32.6 Å². The maximum Gasteiger partial charge on any atom is 0.229 e. The fraction of sp³-hybridized carbons (Fsp3) is 0.529. The van der Waals surface area contributed by atoms with Crippen molar-refractivity contribution in [3.63, 3.8) is 0 Å². The van der Waals surface area contributed by atoms with Gasteiger partial charge in [-0.25, -0.2) is 0 Å². The fourth-order valence-electron chi connectivity index (χ4n) is 2.77. The van der Waals surface area contributed by atoms with E-state index in [9.17, 15) is 9.59 Å². The molecule has 0 radical (unpaired) electrons. The molecule has 5 heteroatoms. The zero-order chi connectivity index (χ0) is 15.9. The summed E-state index contributed by atoms with van der Waals surface area (Å²) in [5.41, 5.74) is 1.79. The first-order valence-electron chi connectivity index (χ1n) is 7.92. The second kappa shape index (κ2) is 7.94. The van der Waals surface area contributed by atoms with Gasteiger partial charge in [-0.05, 0) is 37.0 Å². The summed E-state index contributed by atoms with van der Waals surface area (Å²) in [5.74, 6) is -0.0456. The van der Waals surface area contributed by atoms with E-state index >= 15 is 0 Å². The Bertz CT molecular complexity index is 513. The van der Waals surface area contributed by atoms with Crippen molar-refractivity contribution in [2.24, 2.45) is 5.92 Å². The lowest BCUT2D eigenvalue weighted by molar-refractivity contribution is -0.134. The summed E-state index contributed by atoms with van der Waals surface area (Å²) in [6.07, 6.45) is 2.80. The van der Waals surface area contributed by atoms with Gasteiger partial charge in [0.25, 0.3) is 0 Å². The lowest BCUT2D eigenvalue weighted by Crippen LogP contribution is -2.43. The van der Waals surface area contributed by atoms with Crippen molar-refractivity contribution in [1.29, 1.82) is 0 Å². The van der Waals surface area contributed by atoms with Crippen LogP contribution >= 0.6 is 0 Å². The number of hydrogen-bond donors (Lipinski definition) is 2. The van der Waals surface area contributed by atoms with Crippen LogP contribution in [0.3, 0.4) is 0 Å². The molecule has 2 amide bonds. The molecule has 1 atom stereocenters. The Labute approximate surface area is 131 Å². The van der Waals surface area contributed by atoms with Crippen LogP contribution in [-0.4, -0.2) is 41.5 Å². The van der Waals surface area contributed by atoms with Gasteiger partial charge in [-0.2, -0.15) is 0 Å². The highest BCUT2D eigenvalue weighted by Gasteiger charge is 2.27. The number of benzene rings is 1. The van der Waals surface area contributed by atoms with Crippen LogP contribution < -0.4 is 5.32 Å². The van der Waals surface area contributed by atoms with Gasteiger partial charge in [-0.1, -0.05) is 19.1 Å². The average molecular weight is 304 g/mol. The van der Waals surface area contributed by atoms with Gasteiger partial charge in [0.15, 0.2) is 0 Å². The van der Waals surface area contributed by atoms with E-state index in [1.165, 1.54) is 0 Å². The van der Waals surface area contributed by atoms with Crippen molar-refractivity contribution >= 4 is 17.5 Å². The molecule has 1 aromatic rings. The van der Waals surface area contributed by atoms with Crippen molar-refractivity contribution < 1.29 is 14.7 Å². The minimum atomic E-state index is -0.138. The van der Waals surface area contributed by atoms with E-state index < -0.39 is 0 Å². The van der Waals surface area contributed by atoms with Crippen LogP contribution in [0.4, 0.5) is 5.69 Å². The molecule has 120 valence electrons. The van der Waals surface area contributed by atoms with Gasteiger partial charge in [0, 0.05) is 31.8 Å². The fourth-order valence-corrected chi connectivity index (χ4v) is 2.77. The topological polar surface area (TPSA) is 69.6 Å². The number of aliphatic hydroxyl groups is 1. The maximum absolute atomic E-state index is 12.3. The first-order chi connectivity index (χ1) is 10.6. The van der Waals surface area contributed by atoms with Crippen molar-refractivity contribution in [3.8, 4) is 0 Å². The van der Waals surface area contributed by atoms with E-state index in [0.717, 1.165) is 30.6 Å². The number of nitrogens with zero attached hydrogens (tertiary/aromatic N) is 1. The monoisotopic (exact) mass is 304 g/mol. The summed E-state index contributed by atoms with van der Waals surface area (Å²) >= 11 is 0. The third kappa shape index (κ3) is 4.31. The molecule has 1 unspecified atom stereocenters. The Hall–Kier alpha value is -1.88. The van der Waals surface area contributed by atoms with Gasteiger partial charge >= 0.3 is 0 Å². The summed E-state index contributed by atoms with van der Waals surface area (Å²) in [4.78, 5) is 25.9. The maximum atomic E-state index is 12.3. The second-order valence-electron chi connectivity index (χ2n) is 5.69. The standard InChI is InChI=1S/C17H24N2O3/c1-2-16(21)19-10-3-4-14(12-19)17(22)18-15-7-5-13(6-8-15)9-11-20/h5-8,14,20H,2-4,9-12H2,1H3,(H,18,22). The molecule has 2 N–H and O–H groups in total. The second-order valence-corrected chi connectivity index (χ2v) is 5.69. The van der Waals surface area contributed by atoms with Crippen LogP contribution in [0.15, 0.2) is 24.3 Å². The summed E-state index contributed by atoms with van der Waals surface area (Å²) in [6, 6.07) is 7.50. The number of carbonyl (C=O) groups excluding carboxylic acids is 2. The third-order valence-electron chi connectivity index (χ3n) is 4.07. The highest BCUT2D eigenvalue weighted by atomic mass is 16.3. The number of carbonyl (C=O) groups is 2. The van der Waals surface area contributed by atoms with Crippen molar-refractivity contribution in [1.82, 2.24) is 4.90 Å². The first-order valence-corrected chi connectivity index (χ1v) is 7.92. The molecule has 1 aliphatic rings. The zero-order valence-electron chi connectivity index (χ0n) is 13.0. The van der Waals surface area contributed by atoms with E-state index in [0.29, 0.717) is 19.4 Å². The van der Waals surface area contributed by atoms with Crippen LogP contribution in [0.1, 0.15) is 31.7 Å². The zero-order valence-corrected chi connectivity index (χ0v) is 13.0. The van der Waals surface area contributed by atoms with Crippen LogP contribution in [0.2, 0.25) is 0 Å². The number of likely N-dealkylation sites (tertiary alicyclic amines) is 1. The summed E-state index contributed by atoms with van der Waals surface area (Å²) in [7, 11) is 0. The molecular weight excluding hydrogens is 280 g/mol. The quantitative estimate of drug-likeness (QED) is 0.871. The smallest absolute Gasteiger partial charge is 0.229 e. The number of nitrogens with one attached hydrogen (secondary N) is 1. The van der Waals surface area contributed by atoms with Crippen LogP contribution in [0.5, 0.6) is 0 Å². The Morgan fingerprint density at radius 3 is 2.68 bits per heavy atom. The van der Waals surface area contributed by atoms with Gasteiger partial charge in [-0.15, -0.1) is 0 Å². The van der Waals surface area contributed by atoms with Gasteiger partial charge in [0.05, 0.1) is 5.92 Å². The van der Waals surface area contributed by atoms with Gasteiger partial charge in [0.1, 0.15) is 0 Å². The van der Waals surface area contributed by atoms with Crippen LogP contribution in [0.25, 0.3) is 0 Å². The summed E-state index contributed by atoms with van der Waals surface area (Å²) in [6.45, 7) is 3.24. The average Bonchev–Trinajstić information content (AvgIpc) is 2.56. The Morgan fingerprint density at radius 1 is 1.32 bits per heavy atom. The largest absolute Gasteiger partial charge is 0.396 e. The van der Waals surface area contributed by atoms with Crippen molar-refractivity contribution in [3.05, 3.63) is 29.8 Å². The predicted molar refractivity (Wildman–Crippen MR) is 85.5 cm³/mol. The minimum Gasteiger partial charge on any atom is -0.396 e. The molecule has 1 fully saturated rings. The first kappa shape index (κ1) is 16.5. The van der Waals surface area contributed by atoms with E-state index in [4.69, 9.17) is 5.11 Å². The Balaban J connectivity index is 1.92. The van der Waals surface area contributed by atoms with Crippen molar-refractivity contribution in [2.75, 3.05) is 25.0 Å². The predicted octanol–water partition coefficient (Wildman–Crippen LogP) is 1.81. The number of hydrogen-bond acceptors (Lipinski definition) is 3. The van der Waals surface area contributed by atoms with E-state index in [1.54, 1.807) is 4.90 Å². The molecule has 0 aliphatic carbocycles. The van der Waals surface area contributed by atoms with E-state index in [-0.39, 0.29) is 24.3 Å². The summed E-state index contributed by atoms with van der Waals surface area (Å²) in [5, 5.41) is 11.8. The number of rotatable bonds is 5. The Kier molecular flexibility index (Phi) is 5.95. The Morgan fingerprint density at radius 2 is 2.05 bits per heavy atom. The number of aliphatic hydroxyl groups excluding tert-OH is 1. The van der Waals surface area contributed by atoms with E-state index in [2.05, 4.69) is 5.32 Å². The highest BCUT2D eigenvalue weighted by Crippen LogP contribution is 2.19. The molecule has 1 aromatic carbocycles. The molecule has 0 aromatic heterocycles.